The Morgan fingerprint density at radius 2 is 1.89 bits per heavy atom. The van der Waals surface area contributed by atoms with Crippen LogP contribution >= 0.6 is 11.6 Å². The molecule has 138 valence electrons. The SMILES string of the molecule is Cc1cc(Cn2nnc(C(N)=O)c2N)cc(Cl)c1C(=O)c1ccc(F)cc1. The van der Waals surface area contributed by atoms with Crippen molar-refractivity contribution in [2.45, 2.75) is 13.5 Å². The highest BCUT2D eigenvalue weighted by Crippen LogP contribution is 2.26. The summed E-state index contributed by atoms with van der Waals surface area (Å²) < 4.78 is 14.4. The molecule has 0 saturated heterocycles. The lowest BCUT2D eigenvalue weighted by atomic mass is 9.97. The first-order chi connectivity index (χ1) is 12.8. The van der Waals surface area contributed by atoms with E-state index >= 15 is 0 Å². The number of anilines is 1. The Morgan fingerprint density at radius 1 is 1.22 bits per heavy atom. The van der Waals surface area contributed by atoms with E-state index in [0.717, 1.165) is 0 Å². The summed E-state index contributed by atoms with van der Waals surface area (Å²) in [5, 5.41) is 7.69. The molecule has 0 aliphatic heterocycles. The van der Waals surface area contributed by atoms with Crippen molar-refractivity contribution in [2.24, 2.45) is 5.73 Å². The Hall–Kier alpha value is -3.26. The summed E-state index contributed by atoms with van der Waals surface area (Å²) >= 11 is 6.33. The smallest absolute Gasteiger partial charge is 0.273 e. The van der Waals surface area contributed by atoms with Gasteiger partial charge in [0.05, 0.1) is 11.6 Å². The molecule has 0 fully saturated rings. The first kappa shape index (κ1) is 18.5. The van der Waals surface area contributed by atoms with Crippen molar-refractivity contribution in [1.82, 2.24) is 15.0 Å². The molecule has 4 N–H and O–H groups in total. The molecule has 3 rings (SSSR count). The van der Waals surface area contributed by atoms with Gasteiger partial charge in [-0.3, -0.25) is 9.59 Å². The average molecular weight is 388 g/mol. The molecule has 27 heavy (non-hydrogen) atoms. The van der Waals surface area contributed by atoms with E-state index in [4.69, 9.17) is 23.1 Å². The highest BCUT2D eigenvalue weighted by atomic mass is 35.5. The van der Waals surface area contributed by atoms with Gasteiger partial charge in [-0.05, 0) is 48.4 Å². The van der Waals surface area contributed by atoms with Gasteiger partial charge in [0.25, 0.3) is 5.91 Å². The predicted octanol–water partition coefficient (Wildman–Crippen LogP) is 2.34. The van der Waals surface area contributed by atoms with Crippen LogP contribution in [0.5, 0.6) is 0 Å². The fourth-order valence-corrected chi connectivity index (χ4v) is 3.10. The van der Waals surface area contributed by atoms with Crippen molar-refractivity contribution in [3.63, 3.8) is 0 Å². The molecule has 0 atom stereocenters. The zero-order valence-electron chi connectivity index (χ0n) is 14.2. The summed E-state index contributed by atoms with van der Waals surface area (Å²) in [6.45, 7) is 1.93. The molecule has 0 bridgehead atoms. The molecule has 1 heterocycles. The van der Waals surface area contributed by atoms with E-state index < -0.39 is 11.7 Å². The summed E-state index contributed by atoms with van der Waals surface area (Å²) in [6, 6.07) is 8.61. The van der Waals surface area contributed by atoms with Crippen molar-refractivity contribution in [3.8, 4) is 0 Å². The maximum absolute atomic E-state index is 13.1. The van der Waals surface area contributed by atoms with Gasteiger partial charge in [0.2, 0.25) is 0 Å². The van der Waals surface area contributed by atoms with E-state index in [9.17, 15) is 14.0 Å². The number of aromatic nitrogens is 3. The molecule has 3 aromatic rings. The Labute approximate surface area is 158 Å². The number of amides is 1. The third-order valence-corrected chi connectivity index (χ3v) is 4.32. The monoisotopic (exact) mass is 387 g/mol. The molecule has 1 amide bonds. The average Bonchev–Trinajstić information content (AvgIpc) is 2.95. The fourth-order valence-electron chi connectivity index (χ4n) is 2.73. The van der Waals surface area contributed by atoms with Gasteiger partial charge < -0.3 is 11.5 Å². The van der Waals surface area contributed by atoms with Crippen LogP contribution in [0.3, 0.4) is 0 Å². The Morgan fingerprint density at radius 3 is 2.44 bits per heavy atom. The Kier molecular flexibility index (Phi) is 4.91. The summed E-state index contributed by atoms with van der Waals surface area (Å²) in [5.74, 6) is -1.46. The molecular weight excluding hydrogens is 373 g/mol. The van der Waals surface area contributed by atoms with E-state index in [2.05, 4.69) is 10.3 Å². The van der Waals surface area contributed by atoms with Crippen LogP contribution in [-0.4, -0.2) is 26.7 Å². The number of benzene rings is 2. The number of carbonyl (C=O) groups is 2. The third kappa shape index (κ3) is 3.65. The molecule has 0 unspecified atom stereocenters. The second-order valence-electron chi connectivity index (χ2n) is 5.95. The summed E-state index contributed by atoms with van der Waals surface area (Å²) in [4.78, 5) is 23.9. The van der Waals surface area contributed by atoms with Gasteiger partial charge in [-0.15, -0.1) is 5.10 Å². The lowest BCUT2D eigenvalue weighted by molar-refractivity contribution is 0.0994. The molecule has 7 nitrogen and oxygen atoms in total. The standard InChI is InChI=1S/C18H15ClFN5O2/c1-9-6-10(8-25-17(21)15(18(22)27)23-24-25)7-13(19)14(9)16(26)11-2-4-12(20)5-3-11/h2-7H,8,21H2,1H3,(H2,22,27). The number of nitrogens with zero attached hydrogens (tertiary/aromatic N) is 3. The molecular formula is C18H15ClFN5O2. The maximum atomic E-state index is 13.1. The van der Waals surface area contributed by atoms with Gasteiger partial charge >= 0.3 is 0 Å². The van der Waals surface area contributed by atoms with Crippen LogP contribution in [0.2, 0.25) is 5.02 Å². The number of nitrogen functional groups attached to an aromatic ring is 1. The molecule has 0 aliphatic rings. The van der Waals surface area contributed by atoms with E-state index in [1.165, 1.54) is 28.9 Å². The van der Waals surface area contributed by atoms with Crippen LogP contribution in [0.25, 0.3) is 0 Å². The highest BCUT2D eigenvalue weighted by molar-refractivity contribution is 6.35. The number of hydrogen-bond acceptors (Lipinski definition) is 5. The summed E-state index contributed by atoms with van der Waals surface area (Å²) in [5.41, 5.74) is 12.9. The van der Waals surface area contributed by atoms with E-state index in [1.54, 1.807) is 19.1 Å². The molecule has 0 spiro atoms. The van der Waals surface area contributed by atoms with Crippen molar-refractivity contribution in [3.05, 3.63) is 75.2 Å². The third-order valence-electron chi connectivity index (χ3n) is 4.02. The van der Waals surface area contributed by atoms with Crippen LogP contribution in [0.15, 0.2) is 36.4 Å². The molecule has 2 aromatic carbocycles. The minimum atomic E-state index is -0.770. The Balaban J connectivity index is 1.92. The molecule has 9 heteroatoms. The van der Waals surface area contributed by atoms with Crippen LogP contribution in [0.1, 0.15) is 37.5 Å². The first-order valence-corrected chi connectivity index (χ1v) is 8.23. The number of nitrogens with two attached hydrogens (primary N) is 2. The van der Waals surface area contributed by atoms with Gasteiger partial charge in [0, 0.05) is 11.1 Å². The van der Waals surface area contributed by atoms with Crippen molar-refractivity contribution < 1.29 is 14.0 Å². The number of ketones is 1. The lowest BCUT2D eigenvalue weighted by Gasteiger charge is -2.11. The number of rotatable bonds is 5. The second-order valence-corrected chi connectivity index (χ2v) is 6.36. The molecule has 0 aliphatic carbocycles. The van der Waals surface area contributed by atoms with Crippen molar-refractivity contribution in [1.29, 1.82) is 0 Å². The zero-order chi connectivity index (χ0) is 19.7. The number of carbonyl (C=O) groups excluding carboxylic acids is 2. The van der Waals surface area contributed by atoms with Gasteiger partial charge in [0.15, 0.2) is 17.3 Å². The van der Waals surface area contributed by atoms with Crippen molar-refractivity contribution >= 4 is 29.1 Å². The minimum Gasteiger partial charge on any atom is -0.382 e. The van der Waals surface area contributed by atoms with Gasteiger partial charge in [-0.1, -0.05) is 22.9 Å². The summed E-state index contributed by atoms with van der Waals surface area (Å²) in [7, 11) is 0. The van der Waals surface area contributed by atoms with Crippen LogP contribution < -0.4 is 11.5 Å². The summed E-state index contributed by atoms with van der Waals surface area (Å²) in [6.07, 6.45) is 0. The quantitative estimate of drug-likeness (QED) is 0.651. The largest absolute Gasteiger partial charge is 0.382 e. The zero-order valence-corrected chi connectivity index (χ0v) is 15.0. The topological polar surface area (TPSA) is 117 Å². The number of primary amides is 1. The highest BCUT2D eigenvalue weighted by Gasteiger charge is 2.19. The minimum absolute atomic E-state index is 0.0442. The van der Waals surface area contributed by atoms with Gasteiger partial charge in [-0.2, -0.15) is 0 Å². The number of aryl methyl sites for hydroxylation is 1. The number of hydrogen-bond donors (Lipinski definition) is 2. The second kappa shape index (κ2) is 7.16. The normalized spacial score (nSPS) is 10.8. The van der Waals surface area contributed by atoms with Crippen LogP contribution in [0, 0.1) is 12.7 Å². The van der Waals surface area contributed by atoms with Gasteiger partial charge in [-0.25, -0.2) is 9.07 Å². The van der Waals surface area contributed by atoms with E-state index in [0.29, 0.717) is 22.3 Å². The van der Waals surface area contributed by atoms with Gasteiger partial charge in [0.1, 0.15) is 5.82 Å². The molecule has 1 aromatic heterocycles. The number of halogens is 2. The van der Waals surface area contributed by atoms with E-state index in [-0.39, 0.29) is 28.9 Å². The predicted molar refractivity (Wildman–Crippen MR) is 98.1 cm³/mol. The fraction of sp³-hybridized carbons (Fsp3) is 0.111. The first-order valence-electron chi connectivity index (χ1n) is 7.86. The lowest BCUT2D eigenvalue weighted by Crippen LogP contribution is -2.15. The molecule has 0 saturated carbocycles. The van der Waals surface area contributed by atoms with E-state index in [1.807, 2.05) is 0 Å². The maximum Gasteiger partial charge on any atom is 0.273 e. The van der Waals surface area contributed by atoms with Crippen LogP contribution in [0.4, 0.5) is 10.2 Å². The van der Waals surface area contributed by atoms with Crippen LogP contribution in [-0.2, 0) is 6.54 Å². The van der Waals surface area contributed by atoms with Crippen molar-refractivity contribution in [2.75, 3.05) is 5.73 Å². The molecule has 0 radical (unpaired) electrons. The Bertz CT molecular complexity index is 1020.